The molecule has 2 amide bonds. The van der Waals surface area contributed by atoms with Crippen LogP contribution in [0.4, 0.5) is 10.5 Å². The van der Waals surface area contributed by atoms with E-state index in [1.54, 1.807) is 23.1 Å². The standard InChI is InChI=1S/C13H17N3O2/c1-4-16(5-2)13(17)15-12-10(9-14)7-6-8-11(12)18-3/h6-8H,4-5H2,1-3H3,(H,15,17). The maximum Gasteiger partial charge on any atom is 0.321 e. The first-order chi connectivity index (χ1) is 8.67. The highest BCUT2D eigenvalue weighted by Gasteiger charge is 2.15. The second-order valence-corrected chi connectivity index (χ2v) is 3.60. The Morgan fingerprint density at radius 1 is 1.44 bits per heavy atom. The molecule has 0 aliphatic rings. The molecule has 96 valence electrons. The molecule has 0 unspecified atom stereocenters. The van der Waals surface area contributed by atoms with Crippen LogP contribution < -0.4 is 10.1 Å². The number of ether oxygens (including phenoxy) is 1. The number of anilines is 1. The summed E-state index contributed by atoms with van der Waals surface area (Å²) in [5.74, 6) is 0.481. The van der Waals surface area contributed by atoms with Crippen molar-refractivity contribution in [3.63, 3.8) is 0 Å². The van der Waals surface area contributed by atoms with Gasteiger partial charge in [0.1, 0.15) is 17.5 Å². The van der Waals surface area contributed by atoms with Crippen molar-refractivity contribution in [3.8, 4) is 11.8 Å². The van der Waals surface area contributed by atoms with Gasteiger partial charge in [-0.15, -0.1) is 0 Å². The SMILES string of the molecule is CCN(CC)C(=O)Nc1c(C#N)cccc1OC. The zero-order valence-electron chi connectivity index (χ0n) is 10.9. The van der Waals surface area contributed by atoms with Gasteiger partial charge in [0.25, 0.3) is 0 Å². The average Bonchev–Trinajstić information content (AvgIpc) is 2.40. The van der Waals surface area contributed by atoms with Crippen LogP contribution >= 0.6 is 0 Å². The Labute approximate surface area is 107 Å². The highest BCUT2D eigenvalue weighted by atomic mass is 16.5. The van der Waals surface area contributed by atoms with Gasteiger partial charge in [0, 0.05) is 13.1 Å². The van der Waals surface area contributed by atoms with Crippen LogP contribution in [-0.4, -0.2) is 31.1 Å². The van der Waals surface area contributed by atoms with E-state index in [-0.39, 0.29) is 6.03 Å². The van der Waals surface area contributed by atoms with Crippen LogP contribution in [0.1, 0.15) is 19.4 Å². The number of amides is 2. The number of nitrogens with zero attached hydrogens (tertiary/aromatic N) is 2. The molecular formula is C13H17N3O2. The lowest BCUT2D eigenvalue weighted by Crippen LogP contribution is -2.34. The van der Waals surface area contributed by atoms with Crippen molar-refractivity contribution < 1.29 is 9.53 Å². The second kappa shape index (κ2) is 6.50. The fraction of sp³-hybridized carbons (Fsp3) is 0.385. The Balaban J connectivity index is 3.03. The fourth-order valence-electron chi connectivity index (χ4n) is 1.62. The van der Waals surface area contributed by atoms with Gasteiger partial charge >= 0.3 is 6.03 Å². The van der Waals surface area contributed by atoms with Crippen LogP contribution in [0.25, 0.3) is 0 Å². The van der Waals surface area contributed by atoms with Crippen LogP contribution in [0, 0.1) is 11.3 Å². The summed E-state index contributed by atoms with van der Waals surface area (Å²) in [4.78, 5) is 13.6. The largest absolute Gasteiger partial charge is 0.495 e. The molecule has 5 nitrogen and oxygen atoms in total. The van der Waals surface area contributed by atoms with Crippen molar-refractivity contribution in [1.29, 1.82) is 5.26 Å². The Morgan fingerprint density at radius 3 is 2.61 bits per heavy atom. The van der Waals surface area contributed by atoms with Gasteiger partial charge in [0.2, 0.25) is 0 Å². The maximum absolute atomic E-state index is 12.0. The number of hydrogen-bond donors (Lipinski definition) is 1. The first kappa shape index (κ1) is 13.8. The Hall–Kier alpha value is -2.22. The average molecular weight is 247 g/mol. The highest BCUT2D eigenvalue weighted by Crippen LogP contribution is 2.27. The van der Waals surface area contributed by atoms with E-state index in [2.05, 4.69) is 5.32 Å². The van der Waals surface area contributed by atoms with E-state index in [0.29, 0.717) is 30.1 Å². The zero-order chi connectivity index (χ0) is 13.5. The highest BCUT2D eigenvalue weighted by molar-refractivity contribution is 5.92. The lowest BCUT2D eigenvalue weighted by atomic mass is 10.2. The zero-order valence-corrected chi connectivity index (χ0v) is 10.9. The number of para-hydroxylation sites is 1. The molecule has 18 heavy (non-hydrogen) atoms. The summed E-state index contributed by atoms with van der Waals surface area (Å²) in [6, 6.07) is 6.86. The predicted octanol–water partition coefficient (Wildman–Crippen LogP) is 2.44. The monoisotopic (exact) mass is 247 g/mol. The molecule has 0 aliphatic carbocycles. The van der Waals surface area contributed by atoms with Gasteiger partial charge in [-0.3, -0.25) is 0 Å². The summed E-state index contributed by atoms with van der Waals surface area (Å²) in [5, 5.41) is 11.8. The summed E-state index contributed by atoms with van der Waals surface area (Å²) < 4.78 is 5.15. The third kappa shape index (κ3) is 2.92. The minimum atomic E-state index is -0.235. The number of rotatable bonds is 4. The van der Waals surface area contributed by atoms with Crippen LogP contribution in [0.3, 0.4) is 0 Å². The van der Waals surface area contributed by atoms with Crippen LogP contribution in [-0.2, 0) is 0 Å². The van der Waals surface area contributed by atoms with Gasteiger partial charge in [0.15, 0.2) is 0 Å². The Bertz CT molecular complexity index is 462. The molecule has 0 aromatic heterocycles. The van der Waals surface area contributed by atoms with E-state index < -0.39 is 0 Å². The number of carbonyl (C=O) groups is 1. The first-order valence-corrected chi connectivity index (χ1v) is 5.80. The number of benzene rings is 1. The predicted molar refractivity (Wildman–Crippen MR) is 69.6 cm³/mol. The lowest BCUT2D eigenvalue weighted by Gasteiger charge is -2.20. The maximum atomic E-state index is 12.0. The smallest absolute Gasteiger partial charge is 0.321 e. The summed E-state index contributed by atoms with van der Waals surface area (Å²) >= 11 is 0. The fourth-order valence-corrected chi connectivity index (χ4v) is 1.62. The quantitative estimate of drug-likeness (QED) is 0.888. The molecule has 0 fully saturated rings. The Kier molecular flexibility index (Phi) is 5.00. The number of carbonyl (C=O) groups excluding carboxylic acids is 1. The van der Waals surface area contributed by atoms with Gasteiger partial charge in [-0.1, -0.05) is 6.07 Å². The molecule has 1 aromatic rings. The molecule has 0 saturated heterocycles. The molecule has 0 radical (unpaired) electrons. The molecular weight excluding hydrogens is 230 g/mol. The van der Waals surface area contributed by atoms with E-state index in [1.165, 1.54) is 7.11 Å². The van der Waals surface area contributed by atoms with Crippen molar-refractivity contribution in [1.82, 2.24) is 4.90 Å². The van der Waals surface area contributed by atoms with E-state index in [1.807, 2.05) is 19.9 Å². The van der Waals surface area contributed by atoms with E-state index >= 15 is 0 Å². The van der Waals surface area contributed by atoms with Crippen molar-refractivity contribution in [2.45, 2.75) is 13.8 Å². The molecule has 1 rings (SSSR count). The number of methoxy groups -OCH3 is 1. The molecule has 0 heterocycles. The molecule has 0 atom stereocenters. The van der Waals surface area contributed by atoms with Gasteiger partial charge in [-0.2, -0.15) is 5.26 Å². The molecule has 0 aliphatic heterocycles. The minimum Gasteiger partial charge on any atom is -0.495 e. The minimum absolute atomic E-state index is 0.235. The topological polar surface area (TPSA) is 65.4 Å². The number of nitriles is 1. The molecule has 0 saturated carbocycles. The van der Waals surface area contributed by atoms with Crippen LogP contribution in [0.15, 0.2) is 18.2 Å². The number of nitrogens with one attached hydrogen (secondary N) is 1. The van der Waals surface area contributed by atoms with E-state index in [0.717, 1.165) is 0 Å². The summed E-state index contributed by atoms with van der Waals surface area (Å²) in [5.41, 5.74) is 0.800. The van der Waals surface area contributed by atoms with Gasteiger partial charge in [-0.25, -0.2) is 4.79 Å². The first-order valence-electron chi connectivity index (χ1n) is 5.80. The van der Waals surface area contributed by atoms with Gasteiger partial charge in [0.05, 0.1) is 12.7 Å². The van der Waals surface area contributed by atoms with Crippen molar-refractivity contribution in [3.05, 3.63) is 23.8 Å². The summed E-state index contributed by atoms with van der Waals surface area (Å²) in [6.45, 7) is 5.02. The van der Waals surface area contributed by atoms with Crippen molar-refractivity contribution in [2.75, 3.05) is 25.5 Å². The number of urea groups is 1. The third-order valence-corrected chi connectivity index (χ3v) is 2.65. The lowest BCUT2D eigenvalue weighted by molar-refractivity contribution is 0.217. The normalized spacial score (nSPS) is 9.44. The second-order valence-electron chi connectivity index (χ2n) is 3.60. The van der Waals surface area contributed by atoms with Crippen molar-refractivity contribution in [2.24, 2.45) is 0 Å². The van der Waals surface area contributed by atoms with E-state index in [9.17, 15) is 4.79 Å². The Morgan fingerprint density at radius 2 is 2.11 bits per heavy atom. The van der Waals surface area contributed by atoms with Gasteiger partial charge in [-0.05, 0) is 26.0 Å². The molecule has 1 aromatic carbocycles. The molecule has 0 spiro atoms. The summed E-state index contributed by atoms with van der Waals surface area (Å²) in [6.07, 6.45) is 0. The van der Waals surface area contributed by atoms with Crippen LogP contribution in [0.2, 0.25) is 0 Å². The molecule has 1 N–H and O–H groups in total. The summed E-state index contributed by atoms with van der Waals surface area (Å²) in [7, 11) is 1.50. The molecule has 0 bridgehead atoms. The third-order valence-electron chi connectivity index (χ3n) is 2.65. The van der Waals surface area contributed by atoms with E-state index in [4.69, 9.17) is 10.00 Å². The van der Waals surface area contributed by atoms with Crippen molar-refractivity contribution >= 4 is 11.7 Å². The number of hydrogen-bond acceptors (Lipinski definition) is 3. The van der Waals surface area contributed by atoms with Crippen LogP contribution in [0.5, 0.6) is 5.75 Å². The van der Waals surface area contributed by atoms with Gasteiger partial charge < -0.3 is 15.0 Å². The molecule has 5 heteroatoms.